The number of carbonyl (C=O) groups excluding carboxylic acids is 1. The summed E-state index contributed by atoms with van der Waals surface area (Å²) in [4.78, 5) is 25.6. The monoisotopic (exact) mass is 371 g/mol. The van der Waals surface area contributed by atoms with Gasteiger partial charge in [-0.05, 0) is 44.3 Å². The third-order valence-electron chi connectivity index (χ3n) is 3.80. The van der Waals surface area contributed by atoms with E-state index in [1.165, 1.54) is 26.0 Å². The Morgan fingerprint density at radius 1 is 1.40 bits per heavy atom. The Morgan fingerprint density at radius 2 is 2.00 bits per heavy atom. The molecule has 0 aliphatic carbocycles. The first kappa shape index (κ1) is 18.7. The fraction of sp³-hybridized carbons (Fsp3) is 0.333. The van der Waals surface area contributed by atoms with Crippen LogP contribution < -0.4 is 4.90 Å². The molecule has 0 aromatic heterocycles. The number of aliphatic carboxylic acids is 1. The number of hydrogen-bond donors (Lipinski definition) is 1. The Labute approximate surface area is 146 Å². The number of amides is 1. The average Bonchev–Trinajstić information content (AvgIpc) is 2.66. The van der Waals surface area contributed by atoms with Gasteiger partial charge >= 0.3 is 12.1 Å². The van der Waals surface area contributed by atoms with Gasteiger partial charge < -0.3 is 10.0 Å². The number of nitrogens with zero attached hydrogens (tertiary/aromatic N) is 3. The van der Waals surface area contributed by atoms with Crippen molar-refractivity contribution in [1.29, 1.82) is 5.26 Å². The molecule has 1 heterocycles. The summed E-state index contributed by atoms with van der Waals surface area (Å²) in [6.45, 7) is 2.29. The third kappa shape index (κ3) is 3.15. The van der Waals surface area contributed by atoms with Crippen molar-refractivity contribution >= 4 is 34.9 Å². The lowest BCUT2D eigenvalue weighted by Crippen LogP contribution is -2.46. The van der Waals surface area contributed by atoms with Crippen LogP contribution in [0.5, 0.6) is 0 Å². The quantitative estimate of drug-likeness (QED) is 0.822. The maximum Gasteiger partial charge on any atom is 0.417 e. The minimum absolute atomic E-state index is 0.178. The second-order valence-corrected chi connectivity index (χ2v) is 6.17. The molecule has 25 heavy (non-hydrogen) atoms. The van der Waals surface area contributed by atoms with Crippen LogP contribution in [0.15, 0.2) is 18.2 Å². The van der Waals surface area contributed by atoms with Gasteiger partial charge in [0.05, 0.1) is 22.9 Å². The van der Waals surface area contributed by atoms with Gasteiger partial charge in [-0.25, -0.2) is 0 Å². The molecule has 1 N–H and O–H groups in total. The fourth-order valence-corrected chi connectivity index (χ4v) is 2.95. The summed E-state index contributed by atoms with van der Waals surface area (Å²) in [6.07, 6.45) is -4.79. The van der Waals surface area contributed by atoms with E-state index in [0.29, 0.717) is 6.07 Å². The lowest BCUT2D eigenvalue weighted by molar-refractivity contribution is -0.139. The van der Waals surface area contributed by atoms with E-state index >= 15 is 0 Å². The molecule has 1 aliphatic heterocycles. The van der Waals surface area contributed by atoms with Gasteiger partial charge in [-0.3, -0.25) is 14.5 Å². The summed E-state index contributed by atoms with van der Waals surface area (Å²) < 4.78 is 39.4. The standard InChI is InChI=1S/C15H12F3N3O3S/c1-14(2)12(24)21(13(25)20(14)7-11(22)23)9-4-3-8(6-19)10(5-9)15(16,17)18/h3-5H,7H2,1-2H3,(H,22,23). The van der Waals surface area contributed by atoms with Crippen LogP contribution in [0.2, 0.25) is 0 Å². The van der Waals surface area contributed by atoms with Crippen LogP contribution in [0.4, 0.5) is 18.9 Å². The summed E-state index contributed by atoms with van der Waals surface area (Å²) >= 11 is 5.11. The zero-order valence-corrected chi connectivity index (χ0v) is 13.9. The molecule has 0 saturated carbocycles. The number of benzene rings is 1. The first-order chi connectivity index (χ1) is 11.4. The Balaban J connectivity index is 2.56. The van der Waals surface area contributed by atoms with Gasteiger partial charge in [-0.1, -0.05) is 0 Å². The molecular formula is C15H12F3N3O3S. The van der Waals surface area contributed by atoms with Crippen molar-refractivity contribution in [1.82, 2.24) is 4.90 Å². The summed E-state index contributed by atoms with van der Waals surface area (Å²) in [6, 6.07) is 4.22. The second kappa shape index (κ2) is 6.00. The van der Waals surface area contributed by atoms with Crippen LogP contribution >= 0.6 is 12.2 Å². The molecule has 1 aromatic carbocycles. The largest absolute Gasteiger partial charge is 0.480 e. The molecule has 0 atom stereocenters. The molecule has 6 nitrogen and oxygen atoms in total. The van der Waals surface area contributed by atoms with Gasteiger partial charge in [-0.2, -0.15) is 18.4 Å². The smallest absolute Gasteiger partial charge is 0.417 e. The van der Waals surface area contributed by atoms with E-state index in [4.69, 9.17) is 22.6 Å². The minimum Gasteiger partial charge on any atom is -0.480 e. The number of anilines is 1. The number of rotatable bonds is 3. The molecule has 1 aromatic rings. The number of nitriles is 1. The van der Waals surface area contributed by atoms with Gasteiger partial charge in [0.1, 0.15) is 12.1 Å². The molecule has 2 rings (SSSR count). The van der Waals surface area contributed by atoms with Crippen LogP contribution in [-0.2, 0) is 15.8 Å². The van der Waals surface area contributed by atoms with Gasteiger partial charge in [0.25, 0.3) is 5.91 Å². The zero-order chi connectivity index (χ0) is 19.2. The van der Waals surface area contributed by atoms with Gasteiger partial charge in [0.15, 0.2) is 5.11 Å². The average molecular weight is 371 g/mol. The summed E-state index contributed by atoms with van der Waals surface area (Å²) in [7, 11) is 0. The number of carboxylic acid groups (broad SMARTS) is 1. The van der Waals surface area contributed by atoms with E-state index in [0.717, 1.165) is 15.9 Å². The van der Waals surface area contributed by atoms with E-state index in [1.54, 1.807) is 0 Å². The Morgan fingerprint density at radius 3 is 2.48 bits per heavy atom. The fourth-order valence-electron chi connectivity index (χ4n) is 2.47. The van der Waals surface area contributed by atoms with E-state index in [1.807, 2.05) is 0 Å². The Hall–Kier alpha value is -2.67. The van der Waals surface area contributed by atoms with Gasteiger partial charge in [0, 0.05) is 0 Å². The van der Waals surface area contributed by atoms with Crippen molar-refractivity contribution in [2.45, 2.75) is 25.6 Å². The molecule has 1 fully saturated rings. The highest BCUT2D eigenvalue weighted by molar-refractivity contribution is 7.80. The topological polar surface area (TPSA) is 84.6 Å². The predicted octanol–water partition coefficient (Wildman–Crippen LogP) is 2.37. The molecule has 0 spiro atoms. The molecule has 0 unspecified atom stereocenters. The number of carbonyl (C=O) groups is 2. The molecule has 1 saturated heterocycles. The number of alkyl halides is 3. The molecule has 0 radical (unpaired) electrons. The highest BCUT2D eigenvalue weighted by Crippen LogP contribution is 2.37. The number of halogens is 3. The van der Waals surface area contributed by atoms with E-state index in [9.17, 15) is 22.8 Å². The molecule has 1 aliphatic rings. The lowest BCUT2D eigenvalue weighted by Gasteiger charge is -2.27. The highest BCUT2D eigenvalue weighted by atomic mass is 32.1. The number of hydrogen-bond acceptors (Lipinski definition) is 4. The van der Waals surface area contributed by atoms with Crippen molar-refractivity contribution in [3.63, 3.8) is 0 Å². The Kier molecular flexibility index (Phi) is 4.48. The summed E-state index contributed by atoms with van der Waals surface area (Å²) in [5.74, 6) is -1.89. The Bertz CT molecular complexity index is 814. The first-order valence-electron chi connectivity index (χ1n) is 6.90. The van der Waals surface area contributed by atoms with Crippen molar-refractivity contribution in [2.75, 3.05) is 11.4 Å². The molecular weight excluding hydrogens is 359 g/mol. The van der Waals surface area contributed by atoms with Crippen molar-refractivity contribution in [3.8, 4) is 6.07 Å². The van der Waals surface area contributed by atoms with Crippen LogP contribution in [0.1, 0.15) is 25.0 Å². The zero-order valence-electron chi connectivity index (χ0n) is 13.1. The maximum atomic E-state index is 13.1. The summed E-state index contributed by atoms with van der Waals surface area (Å²) in [5.41, 5.74) is -3.29. The SMILES string of the molecule is CC1(C)C(=O)N(c2ccc(C#N)c(C(F)(F)F)c2)C(=S)N1CC(=O)O. The van der Waals surface area contributed by atoms with Crippen LogP contribution in [-0.4, -0.2) is 39.1 Å². The maximum absolute atomic E-state index is 13.1. The third-order valence-corrected chi connectivity index (χ3v) is 4.21. The van der Waals surface area contributed by atoms with Crippen molar-refractivity contribution in [2.24, 2.45) is 0 Å². The van der Waals surface area contributed by atoms with E-state index in [2.05, 4.69) is 0 Å². The first-order valence-corrected chi connectivity index (χ1v) is 7.31. The van der Waals surface area contributed by atoms with Gasteiger partial charge in [0.2, 0.25) is 0 Å². The lowest BCUT2D eigenvalue weighted by atomic mass is 10.0. The van der Waals surface area contributed by atoms with E-state index in [-0.39, 0.29) is 10.8 Å². The van der Waals surface area contributed by atoms with E-state index < -0.39 is 41.3 Å². The minimum atomic E-state index is -4.79. The molecule has 132 valence electrons. The number of thiocarbonyl (C=S) groups is 1. The summed E-state index contributed by atoms with van der Waals surface area (Å²) in [5, 5.41) is 17.6. The van der Waals surface area contributed by atoms with Crippen LogP contribution in [0.3, 0.4) is 0 Å². The highest BCUT2D eigenvalue weighted by Gasteiger charge is 2.50. The molecule has 10 heteroatoms. The normalized spacial score (nSPS) is 17.0. The van der Waals surface area contributed by atoms with Crippen LogP contribution in [0.25, 0.3) is 0 Å². The second-order valence-electron chi connectivity index (χ2n) is 5.80. The number of carboxylic acids is 1. The van der Waals surface area contributed by atoms with Crippen molar-refractivity contribution in [3.05, 3.63) is 29.3 Å². The molecule has 1 amide bonds. The van der Waals surface area contributed by atoms with Gasteiger partial charge in [-0.15, -0.1) is 0 Å². The predicted molar refractivity (Wildman–Crippen MR) is 84.7 cm³/mol. The van der Waals surface area contributed by atoms with Crippen molar-refractivity contribution < 1.29 is 27.9 Å². The van der Waals surface area contributed by atoms with Crippen LogP contribution in [0, 0.1) is 11.3 Å². The molecule has 0 bridgehead atoms.